The number of nitrogens with zero attached hydrogens (tertiary/aromatic N) is 2. The number of hydrogen-bond donors (Lipinski definition) is 2. The first kappa shape index (κ1) is 18.9. The lowest BCUT2D eigenvalue weighted by atomic mass is 10.1. The molecule has 142 valence electrons. The highest BCUT2D eigenvalue weighted by atomic mass is 16.5. The number of nitrogens with one attached hydrogen (secondary N) is 1. The van der Waals surface area contributed by atoms with Gasteiger partial charge in [-0.05, 0) is 29.8 Å². The number of methoxy groups -OCH3 is 1. The number of phenolic OH excluding ortho intramolecular Hbond substituents is 1. The van der Waals surface area contributed by atoms with Gasteiger partial charge in [-0.15, -0.1) is 0 Å². The Morgan fingerprint density at radius 1 is 1.26 bits per heavy atom. The predicted molar refractivity (Wildman–Crippen MR) is 102 cm³/mol. The standard InChI is InChI=1S/C20H23N3O4/c1-26-18-4-2-3-17(19(18)24)13-21-22-20(25)16-7-5-15(6-8-16)14-23-9-11-27-12-10-23/h2-8,13,24H,9-12,14H2,1H3,(H,22,25)/b21-13-. The minimum Gasteiger partial charge on any atom is -0.504 e. The van der Waals surface area contributed by atoms with E-state index in [-0.39, 0.29) is 11.7 Å². The third kappa shape index (κ3) is 5.06. The number of ether oxygens (including phenoxy) is 2. The summed E-state index contributed by atoms with van der Waals surface area (Å²) in [6.45, 7) is 4.23. The zero-order chi connectivity index (χ0) is 19.1. The van der Waals surface area contributed by atoms with E-state index in [9.17, 15) is 9.90 Å². The number of para-hydroxylation sites is 1. The van der Waals surface area contributed by atoms with E-state index in [2.05, 4.69) is 15.4 Å². The van der Waals surface area contributed by atoms with Crippen LogP contribution in [0.5, 0.6) is 11.5 Å². The topological polar surface area (TPSA) is 83.4 Å². The summed E-state index contributed by atoms with van der Waals surface area (Å²) in [6.07, 6.45) is 1.38. The number of rotatable bonds is 6. The second kappa shape index (κ2) is 9.16. The largest absolute Gasteiger partial charge is 0.504 e. The summed E-state index contributed by atoms with van der Waals surface area (Å²) >= 11 is 0. The van der Waals surface area contributed by atoms with Crippen LogP contribution in [0.2, 0.25) is 0 Å². The first-order chi connectivity index (χ1) is 13.2. The second-order valence-electron chi connectivity index (χ2n) is 6.18. The van der Waals surface area contributed by atoms with E-state index in [0.29, 0.717) is 16.9 Å². The van der Waals surface area contributed by atoms with E-state index in [0.717, 1.165) is 38.4 Å². The average Bonchev–Trinajstić information content (AvgIpc) is 2.70. The molecule has 1 aliphatic heterocycles. The minimum absolute atomic E-state index is 0.0227. The molecule has 3 rings (SSSR count). The Morgan fingerprint density at radius 2 is 2.00 bits per heavy atom. The van der Waals surface area contributed by atoms with Crippen molar-refractivity contribution >= 4 is 12.1 Å². The molecule has 1 heterocycles. The van der Waals surface area contributed by atoms with Crippen LogP contribution in [-0.4, -0.2) is 55.5 Å². The van der Waals surface area contributed by atoms with Crippen LogP contribution in [0.25, 0.3) is 0 Å². The Hall–Kier alpha value is -2.90. The zero-order valence-electron chi connectivity index (χ0n) is 15.2. The molecular formula is C20H23N3O4. The molecule has 0 atom stereocenters. The number of benzene rings is 2. The molecule has 0 saturated carbocycles. The van der Waals surface area contributed by atoms with Gasteiger partial charge in [0.05, 0.1) is 26.5 Å². The summed E-state index contributed by atoms with van der Waals surface area (Å²) in [7, 11) is 1.47. The van der Waals surface area contributed by atoms with E-state index in [1.54, 1.807) is 30.3 Å². The second-order valence-corrected chi connectivity index (χ2v) is 6.18. The molecule has 0 aromatic heterocycles. The summed E-state index contributed by atoms with van der Waals surface area (Å²) in [5.41, 5.74) is 4.59. The normalized spacial score (nSPS) is 15.0. The molecular weight excluding hydrogens is 346 g/mol. The van der Waals surface area contributed by atoms with E-state index in [1.807, 2.05) is 12.1 Å². The summed E-state index contributed by atoms with van der Waals surface area (Å²) in [5.74, 6) is 0.0122. The van der Waals surface area contributed by atoms with Crippen LogP contribution in [0.1, 0.15) is 21.5 Å². The molecule has 0 unspecified atom stereocenters. The van der Waals surface area contributed by atoms with Gasteiger partial charge in [0.1, 0.15) is 0 Å². The van der Waals surface area contributed by atoms with Crippen molar-refractivity contribution in [2.45, 2.75) is 6.54 Å². The van der Waals surface area contributed by atoms with E-state index >= 15 is 0 Å². The smallest absolute Gasteiger partial charge is 0.271 e. The van der Waals surface area contributed by atoms with Crippen molar-refractivity contribution < 1.29 is 19.4 Å². The highest BCUT2D eigenvalue weighted by Gasteiger charge is 2.11. The van der Waals surface area contributed by atoms with Crippen molar-refractivity contribution in [3.05, 3.63) is 59.2 Å². The molecule has 27 heavy (non-hydrogen) atoms. The lowest BCUT2D eigenvalue weighted by Crippen LogP contribution is -2.35. The van der Waals surface area contributed by atoms with Crippen molar-refractivity contribution in [3.8, 4) is 11.5 Å². The maximum absolute atomic E-state index is 12.2. The van der Waals surface area contributed by atoms with Crippen LogP contribution in [-0.2, 0) is 11.3 Å². The fourth-order valence-corrected chi connectivity index (χ4v) is 2.81. The van der Waals surface area contributed by atoms with Crippen LogP contribution >= 0.6 is 0 Å². The molecule has 1 amide bonds. The van der Waals surface area contributed by atoms with Crippen LogP contribution < -0.4 is 10.2 Å². The number of phenols is 1. The lowest BCUT2D eigenvalue weighted by molar-refractivity contribution is 0.0342. The fraction of sp³-hybridized carbons (Fsp3) is 0.300. The maximum atomic E-state index is 12.2. The highest BCUT2D eigenvalue weighted by molar-refractivity contribution is 5.95. The predicted octanol–water partition coefficient (Wildman–Crippen LogP) is 2.00. The van der Waals surface area contributed by atoms with Gasteiger partial charge in [0, 0.05) is 30.8 Å². The Balaban J connectivity index is 1.56. The van der Waals surface area contributed by atoms with Gasteiger partial charge in [-0.2, -0.15) is 5.10 Å². The van der Waals surface area contributed by atoms with Gasteiger partial charge in [-0.3, -0.25) is 9.69 Å². The fourth-order valence-electron chi connectivity index (χ4n) is 2.81. The summed E-state index contributed by atoms with van der Waals surface area (Å²) in [5, 5.41) is 13.9. The average molecular weight is 369 g/mol. The van der Waals surface area contributed by atoms with Gasteiger partial charge >= 0.3 is 0 Å². The molecule has 2 N–H and O–H groups in total. The number of amides is 1. The highest BCUT2D eigenvalue weighted by Crippen LogP contribution is 2.27. The molecule has 0 bridgehead atoms. The first-order valence-electron chi connectivity index (χ1n) is 8.76. The number of hydrogen-bond acceptors (Lipinski definition) is 6. The Morgan fingerprint density at radius 3 is 2.70 bits per heavy atom. The summed E-state index contributed by atoms with van der Waals surface area (Å²) in [6, 6.07) is 12.5. The van der Waals surface area contributed by atoms with E-state index < -0.39 is 0 Å². The Bertz CT molecular complexity index is 799. The molecule has 0 radical (unpaired) electrons. The van der Waals surface area contributed by atoms with Gasteiger partial charge in [-0.25, -0.2) is 5.43 Å². The van der Waals surface area contributed by atoms with Crippen LogP contribution in [0, 0.1) is 0 Å². The Labute approximate surface area is 158 Å². The molecule has 2 aromatic rings. The summed E-state index contributed by atoms with van der Waals surface area (Å²) < 4.78 is 10.4. The van der Waals surface area contributed by atoms with Crippen LogP contribution in [0.3, 0.4) is 0 Å². The van der Waals surface area contributed by atoms with Gasteiger partial charge in [0.15, 0.2) is 11.5 Å². The number of carbonyl (C=O) groups excluding carboxylic acids is 1. The maximum Gasteiger partial charge on any atom is 0.271 e. The number of morpholine rings is 1. The quantitative estimate of drug-likeness (QED) is 0.601. The van der Waals surface area contributed by atoms with Crippen molar-refractivity contribution in [2.75, 3.05) is 33.4 Å². The number of aromatic hydroxyl groups is 1. The first-order valence-corrected chi connectivity index (χ1v) is 8.76. The van der Waals surface area contributed by atoms with Crippen molar-refractivity contribution in [1.29, 1.82) is 0 Å². The molecule has 1 saturated heterocycles. The summed E-state index contributed by atoms with van der Waals surface area (Å²) in [4.78, 5) is 14.5. The molecule has 0 spiro atoms. The third-order valence-corrected chi connectivity index (χ3v) is 4.35. The van der Waals surface area contributed by atoms with Gasteiger partial charge in [0.2, 0.25) is 0 Å². The SMILES string of the molecule is COc1cccc(/C=N\NC(=O)c2ccc(CN3CCOCC3)cc2)c1O. The van der Waals surface area contributed by atoms with Crippen molar-refractivity contribution in [2.24, 2.45) is 5.10 Å². The monoisotopic (exact) mass is 369 g/mol. The van der Waals surface area contributed by atoms with Crippen molar-refractivity contribution in [3.63, 3.8) is 0 Å². The number of hydrazone groups is 1. The number of carbonyl (C=O) groups is 1. The van der Waals surface area contributed by atoms with E-state index in [4.69, 9.17) is 9.47 Å². The van der Waals surface area contributed by atoms with Crippen LogP contribution in [0.4, 0.5) is 0 Å². The molecule has 1 fully saturated rings. The third-order valence-electron chi connectivity index (χ3n) is 4.35. The van der Waals surface area contributed by atoms with E-state index in [1.165, 1.54) is 13.3 Å². The zero-order valence-corrected chi connectivity index (χ0v) is 15.2. The van der Waals surface area contributed by atoms with Gasteiger partial charge in [-0.1, -0.05) is 18.2 Å². The van der Waals surface area contributed by atoms with Gasteiger partial charge < -0.3 is 14.6 Å². The molecule has 7 nitrogen and oxygen atoms in total. The minimum atomic E-state index is -0.313. The molecule has 2 aromatic carbocycles. The lowest BCUT2D eigenvalue weighted by Gasteiger charge is -2.26. The van der Waals surface area contributed by atoms with Gasteiger partial charge in [0.25, 0.3) is 5.91 Å². The van der Waals surface area contributed by atoms with Crippen LogP contribution in [0.15, 0.2) is 47.6 Å². The molecule has 0 aliphatic carbocycles. The Kier molecular flexibility index (Phi) is 6.40. The molecule has 7 heteroatoms. The van der Waals surface area contributed by atoms with Crippen molar-refractivity contribution in [1.82, 2.24) is 10.3 Å². The molecule has 1 aliphatic rings.